The minimum absolute atomic E-state index is 0.0582. The van der Waals surface area contributed by atoms with Gasteiger partial charge < -0.3 is 0 Å². The van der Waals surface area contributed by atoms with Crippen molar-refractivity contribution in [3.63, 3.8) is 0 Å². The van der Waals surface area contributed by atoms with E-state index in [1.54, 1.807) is 19.1 Å². The summed E-state index contributed by atoms with van der Waals surface area (Å²) < 4.78 is -3.68. The van der Waals surface area contributed by atoms with Crippen molar-refractivity contribution in [2.45, 2.75) is 45.1 Å². The Bertz CT molecular complexity index is 754. The predicted octanol–water partition coefficient (Wildman–Crippen LogP) is 4.43. The van der Waals surface area contributed by atoms with Gasteiger partial charge in [0.25, 0.3) is 0 Å². The summed E-state index contributed by atoms with van der Waals surface area (Å²) in [5.41, 5.74) is -0.0921. The smallest absolute Gasteiger partial charge is 0.284 e. The van der Waals surface area contributed by atoms with Crippen LogP contribution in [0.15, 0.2) is 34.7 Å². The summed E-state index contributed by atoms with van der Waals surface area (Å²) in [4.78, 5) is 27.2. The highest BCUT2D eigenvalue weighted by Gasteiger charge is 2.71. The van der Waals surface area contributed by atoms with Crippen molar-refractivity contribution in [1.29, 1.82) is 0 Å². The van der Waals surface area contributed by atoms with Gasteiger partial charge in [0.2, 0.25) is 5.69 Å². The molecule has 1 saturated carbocycles. The summed E-state index contributed by atoms with van der Waals surface area (Å²) in [6.07, 6.45) is 4.66. The van der Waals surface area contributed by atoms with Crippen LogP contribution in [0.25, 0.3) is 0 Å². The van der Waals surface area contributed by atoms with Gasteiger partial charge in [-0.2, -0.15) is 20.0 Å². The van der Waals surface area contributed by atoms with Crippen LogP contribution < -0.4 is 4.76 Å². The molecule has 1 aliphatic heterocycles. The zero-order chi connectivity index (χ0) is 18.9. The van der Waals surface area contributed by atoms with Gasteiger partial charge in [-0.3, -0.25) is 4.90 Å². The van der Waals surface area contributed by atoms with Crippen LogP contribution in [0.4, 0.5) is 15.3 Å². The predicted molar refractivity (Wildman–Crippen MR) is 92.0 cm³/mol. The Morgan fingerprint density at radius 1 is 1.23 bits per heavy atom. The topological polar surface area (TPSA) is 103 Å². The number of carbonyl (C=O) groups excluding carboxylic acids is 2. The van der Waals surface area contributed by atoms with Crippen molar-refractivity contribution >= 4 is 29.4 Å². The van der Waals surface area contributed by atoms with Gasteiger partial charge in [-0.05, 0) is 25.8 Å². The Kier molecular flexibility index (Phi) is 5.09. The molecule has 1 aromatic rings. The van der Waals surface area contributed by atoms with Gasteiger partial charge in [0.1, 0.15) is 20.2 Å². The van der Waals surface area contributed by atoms with E-state index in [1.807, 2.05) is 0 Å². The molecule has 0 saturated heterocycles. The van der Waals surface area contributed by atoms with E-state index in [2.05, 4.69) is 10.4 Å². The standard InChI is InChI=1S/C16H22ClN5O4/c1-2-20(12-8-4-3-5-9-12)15(23)22(26)16(24)21(25,18-19-22)14-11-7-6-10-13(14)17/h6-7,10-12,25-26H,2-5,8-9H2,1H3/q+2. The second kappa shape index (κ2) is 7.01. The number of amides is 4. The number of rotatable bonds is 3. The van der Waals surface area contributed by atoms with Gasteiger partial charge in [-0.15, -0.1) is 0 Å². The van der Waals surface area contributed by atoms with E-state index >= 15 is 0 Å². The molecule has 10 heteroatoms. The molecule has 1 aliphatic carbocycles. The number of hydrogen-bond donors (Lipinski definition) is 2. The molecule has 2 atom stereocenters. The van der Waals surface area contributed by atoms with Crippen LogP contribution in [0, 0.1) is 0 Å². The lowest BCUT2D eigenvalue weighted by atomic mass is 9.94. The summed E-state index contributed by atoms with van der Waals surface area (Å²) in [5, 5.41) is 28.3. The summed E-state index contributed by atoms with van der Waals surface area (Å²) >= 11 is 6.03. The molecule has 1 aromatic carbocycles. The third kappa shape index (κ3) is 2.91. The highest BCUT2D eigenvalue weighted by Crippen LogP contribution is 2.38. The van der Waals surface area contributed by atoms with Gasteiger partial charge in [0.05, 0.1) is 0 Å². The van der Waals surface area contributed by atoms with Gasteiger partial charge in [0, 0.05) is 18.7 Å². The van der Waals surface area contributed by atoms with Crippen LogP contribution in [0.1, 0.15) is 39.0 Å². The van der Waals surface area contributed by atoms with E-state index in [9.17, 15) is 20.0 Å². The molecule has 4 amide bonds. The Morgan fingerprint density at radius 2 is 1.88 bits per heavy atom. The van der Waals surface area contributed by atoms with Crippen molar-refractivity contribution in [2.24, 2.45) is 10.4 Å². The van der Waals surface area contributed by atoms with E-state index in [4.69, 9.17) is 11.6 Å². The van der Waals surface area contributed by atoms with Crippen LogP contribution in [-0.2, 0) is 0 Å². The summed E-state index contributed by atoms with van der Waals surface area (Å²) in [5.74, 6) is 0. The third-order valence-electron chi connectivity index (χ3n) is 4.89. The second-order valence-electron chi connectivity index (χ2n) is 6.48. The molecular formula is C16H22ClN5O4+2. The summed E-state index contributed by atoms with van der Waals surface area (Å²) in [6, 6.07) is 3.68. The Morgan fingerprint density at radius 3 is 2.50 bits per heavy atom. The molecule has 0 aromatic heterocycles. The highest BCUT2D eigenvalue weighted by molar-refractivity contribution is 6.33. The fourth-order valence-corrected chi connectivity index (χ4v) is 3.74. The minimum Gasteiger partial charge on any atom is -0.284 e. The van der Waals surface area contributed by atoms with Crippen LogP contribution in [0.2, 0.25) is 5.02 Å². The zero-order valence-electron chi connectivity index (χ0n) is 14.5. The molecule has 9 nitrogen and oxygen atoms in total. The number of hydroxylamine groups is 3. The minimum atomic E-state index is -1.97. The van der Waals surface area contributed by atoms with E-state index in [0.717, 1.165) is 32.1 Å². The molecule has 26 heavy (non-hydrogen) atoms. The van der Waals surface area contributed by atoms with Crippen molar-refractivity contribution in [3.8, 4) is 0 Å². The number of urea groups is 2. The van der Waals surface area contributed by atoms with Crippen LogP contribution in [0.3, 0.4) is 0 Å². The molecule has 3 rings (SSSR count). The average Bonchev–Trinajstić information content (AvgIpc) is 2.90. The first-order valence-corrected chi connectivity index (χ1v) is 9.02. The Balaban J connectivity index is 1.91. The molecule has 0 spiro atoms. The lowest BCUT2D eigenvalue weighted by Crippen LogP contribution is -2.62. The number of halogens is 1. The molecule has 0 bridgehead atoms. The summed E-state index contributed by atoms with van der Waals surface area (Å²) in [7, 11) is 0. The van der Waals surface area contributed by atoms with Crippen molar-refractivity contribution in [3.05, 3.63) is 29.3 Å². The molecule has 140 valence electrons. The highest BCUT2D eigenvalue weighted by atomic mass is 35.5. The van der Waals surface area contributed by atoms with Crippen LogP contribution >= 0.6 is 11.6 Å². The first-order chi connectivity index (χ1) is 12.3. The average molecular weight is 384 g/mol. The summed E-state index contributed by atoms with van der Waals surface area (Å²) in [6.45, 7) is 2.08. The lowest BCUT2D eigenvalue weighted by Gasteiger charge is -2.32. The number of hydrogen-bond acceptors (Lipinski definition) is 6. The maximum Gasteiger partial charge on any atom is 0.655 e. The van der Waals surface area contributed by atoms with Crippen molar-refractivity contribution < 1.29 is 24.8 Å². The van der Waals surface area contributed by atoms with Crippen LogP contribution in [0.5, 0.6) is 0 Å². The molecule has 1 fully saturated rings. The normalized spacial score (nSPS) is 29.2. The number of imide groups is 1. The first-order valence-electron chi connectivity index (χ1n) is 8.64. The van der Waals surface area contributed by atoms with E-state index < -0.39 is 21.6 Å². The fraction of sp³-hybridized carbons (Fsp3) is 0.500. The zero-order valence-corrected chi connectivity index (χ0v) is 15.2. The fourth-order valence-electron chi connectivity index (χ4n) is 3.48. The quantitative estimate of drug-likeness (QED) is 0.595. The number of benzene rings is 1. The number of carbonyl (C=O) groups is 2. The van der Waals surface area contributed by atoms with Gasteiger partial charge >= 0.3 is 12.1 Å². The molecule has 2 aliphatic rings. The van der Waals surface area contributed by atoms with E-state index in [0.29, 0.717) is 6.54 Å². The van der Waals surface area contributed by atoms with E-state index in [-0.39, 0.29) is 16.8 Å². The number of nitrogens with zero attached hydrogens (tertiary/aromatic N) is 5. The van der Waals surface area contributed by atoms with Crippen molar-refractivity contribution in [1.82, 2.24) is 9.66 Å². The maximum absolute atomic E-state index is 12.9. The first kappa shape index (κ1) is 18.9. The Hall–Kier alpha value is -1.91. The molecule has 0 radical (unpaired) electrons. The molecule has 1 heterocycles. The maximum atomic E-state index is 12.9. The Labute approximate surface area is 155 Å². The number of quaternary nitrogens is 2. The molecule has 2 N–H and O–H groups in total. The van der Waals surface area contributed by atoms with Gasteiger partial charge in [-0.1, -0.05) is 43.0 Å². The largest absolute Gasteiger partial charge is 0.655 e. The third-order valence-corrected chi connectivity index (χ3v) is 5.21. The second-order valence-corrected chi connectivity index (χ2v) is 6.88. The van der Waals surface area contributed by atoms with Crippen molar-refractivity contribution in [2.75, 3.05) is 6.54 Å². The monoisotopic (exact) mass is 383 g/mol. The van der Waals surface area contributed by atoms with E-state index in [1.165, 1.54) is 17.0 Å². The van der Waals surface area contributed by atoms with Gasteiger partial charge in [-0.25, -0.2) is 0 Å². The molecule has 2 unspecified atom stereocenters. The van der Waals surface area contributed by atoms with Gasteiger partial charge in [0.15, 0.2) is 4.76 Å². The SMILES string of the molecule is CCN(C(=O)[N+]1(O)N=N[N+](O)(c2ccccc2Cl)C1=O)C1CCCCC1. The van der Waals surface area contributed by atoms with Crippen LogP contribution in [-0.4, -0.2) is 44.7 Å². The lowest BCUT2D eigenvalue weighted by molar-refractivity contribution is -0.979. The molecular weight excluding hydrogens is 362 g/mol. The number of para-hydroxylation sites is 1.